The number of aromatic nitrogens is 2. The van der Waals surface area contributed by atoms with Crippen LogP contribution in [0.4, 0.5) is 0 Å². The Hall–Kier alpha value is -3.12. The number of hydrogen-bond acceptors (Lipinski definition) is 4. The second-order valence-electron chi connectivity index (χ2n) is 6.59. The van der Waals surface area contributed by atoms with Crippen molar-refractivity contribution in [2.24, 2.45) is 0 Å². The molecular weight excluding hydrogens is 370 g/mol. The summed E-state index contributed by atoms with van der Waals surface area (Å²) < 4.78 is 7.14. The quantitative estimate of drug-likeness (QED) is 0.530. The number of amides is 1. The summed E-state index contributed by atoms with van der Waals surface area (Å²) in [5.74, 6) is 0.737. The predicted molar refractivity (Wildman–Crippen MR) is 112 cm³/mol. The van der Waals surface area contributed by atoms with E-state index in [4.69, 9.17) is 4.74 Å². The summed E-state index contributed by atoms with van der Waals surface area (Å²) >= 11 is 1.48. The summed E-state index contributed by atoms with van der Waals surface area (Å²) in [5.41, 5.74) is 3.16. The predicted octanol–water partition coefficient (Wildman–Crippen LogP) is 4.39. The summed E-state index contributed by atoms with van der Waals surface area (Å²) in [6.07, 6.45) is 0. The van der Waals surface area contributed by atoms with Crippen LogP contribution in [-0.2, 0) is 13.1 Å². The molecule has 2 heterocycles. The molecule has 0 aliphatic carbocycles. The fourth-order valence-electron chi connectivity index (χ4n) is 3.10. The van der Waals surface area contributed by atoms with E-state index >= 15 is 0 Å². The van der Waals surface area contributed by atoms with Crippen molar-refractivity contribution < 1.29 is 9.53 Å². The van der Waals surface area contributed by atoms with Gasteiger partial charge in [0.2, 0.25) is 0 Å². The first-order valence-corrected chi connectivity index (χ1v) is 9.87. The zero-order chi connectivity index (χ0) is 19.5. The molecule has 0 saturated carbocycles. The van der Waals surface area contributed by atoms with Gasteiger partial charge in [0.25, 0.3) is 5.91 Å². The Morgan fingerprint density at radius 1 is 1.11 bits per heavy atom. The van der Waals surface area contributed by atoms with Crippen molar-refractivity contribution in [3.8, 4) is 5.75 Å². The lowest BCUT2D eigenvalue weighted by molar-refractivity contribution is 0.0955. The van der Waals surface area contributed by atoms with Crippen LogP contribution >= 0.6 is 11.3 Å². The van der Waals surface area contributed by atoms with Crippen LogP contribution in [0.1, 0.15) is 26.5 Å². The first-order valence-electron chi connectivity index (χ1n) is 9.06. The van der Waals surface area contributed by atoms with E-state index in [0.717, 1.165) is 27.2 Å². The lowest BCUT2D eigenvalue weighted by Crippen LogP contribution is -2.21. The minimum Gasteiger partial charge on any atom is -0.497 e. The number of nitrogens with one attached hydrogen (secondary N) is 1. The molecule has 5 nitrogen and oxygen atoms in total. The molecule has 4 aromatic rings. The lowest BCUT2D eigenvalue weighted by Gasteiger charge is -2.05. The van der Waals surface area contributed by atoms with Crippen molar-refractivity contribution in [3.05, 3.63) is 82.4 Å². The van der Waals surface area contributed by atoms with E-state index in [-0.39, 0.29) is 5.91 Å². The highest BCUT2D eigenvalue weighted by atomic mass is 32.1. The molecule has 0 fully saturated rings. The Morgan fingerprint density at radius 2 is 1.86 bits per heavy atom. The van der Waals surface area contributed by atoms with Crippen molar-refractivity contribution in [1.82, 2.24) is 15.1 Å². The van der Waals surface area contributed by atoms with Gasteiger partial charge in [-0.25, -0.2) is 0 Å². The van der Waals surface area contributed by atoms with E-state index in [2.05, 4.69) is 22.5 Å². The molecular formula is C22H21N3O2S. The summed E-state index contributed by atoms with van der Waals surface area (Å²) in [4.78, 5) is 14.4. The van der Waals surface area contributed by atoms with Gasteiger partial charge in [-0.1, -0.05) is 42.5 Å². The average Bonchev–Trinajstić information content (AvgIpc) is 3.29. The first kappa shape index (κ1) is 18.3. The van der Waals surface area contributed by atoms with Crippen LogP contribution in [0.2, 0.25) is 0 Å². The number of thiophene rings is 1. The summed E-state index contributed by atoms with van der Waals surface area (Å²) in [7, 11) is 1.64. The second-order valence-corrected chi connectivity index (χ2v) is 7.62. The maximum atomic E-state index is 12.6. The molecule has 28 heavy (non-hydrogen) atoms. The third-order valence-electron chi connectivity index (χ3n) is 4.62. The number of carbonyl (C=O) groups excluding carboxylic acids is 1. The number of benzene rings is 2. The SMILES string of the molecule is COc1ccc(CNC(=O)c2cc3c(C)nn(Cc4ccccc4)c3s2)cc1. The van der Waals surface area contributed by atoms with E-state index < -0.39 is 0 Å². The van der Waals surface area contributed by atoms with E-state index in [9.17, 15) is 4.79 Å². The molecule has 142 valence electrons. The van der Waals surface area contributed by atoms with E-state index in [0.29, 0.717) is 18.0 Å². The number of aryl methyl sites for hydroxylation is 1. The molecule has 0 spiro atoms. The summed E-state index contributed by atoms with van der Waals surface area (Å²) in [5, 5.41) is 8.67. The molecule has 0 radical (unpaired) electrons. The maximum Gasteiger partial charge on any atom is 0.261 e. The summed E-state index contributed by atoms with van der Waals surface area (Å²) in [6.45, 7) is 3.15. The Bertz CT molecular complexity index is 1100. The van der Waals surface area contributed by atoms with Gasteiger partial charge in [-0.2, -0.15) is 5.10 Å². The number of carbonyl (C=O) groups is 1. The van der Waals surface area contributed by atoms with Gasteiger partial charge in [-0.05, 0) is 36.2 Å². The van der Waals surface area contributed by atoms with Gasteiger partial charge in [0, 0.05) is 11.9 Å². The molecule has 0 atom stereocenters. The van der Waals surface area contributed by atoms with Crippen LogP contribution in [0.15, 0.2) is 60.7 Å². The Kier molecular flexibility index (Phi) is 5.12. The van der Waals surface area contributed by atoms with Crippen LogP contribution in [-0.4, -0.2) is 22.8 Å². The third kappa shape index (κ3) is 3.77. The minimum atomic E-state index is -0.0670. The topological polar surface area (TPSA) is 56.1 Å². The highest BCUT2D eigenvalue weighted by Crippen LogP contribution is 2.29. The number of hydrogen-bond donors (Lipinski definition) is 1. The van der Waals surface area contributed by atoms with Crippen LogP contribution in [0.25, 0.3) is 10.2 Å². The monoisotopic (exact) mass is 391 g/mol. The van der Waals surface area contributed by atoms with E-state index in [1.54, 1.807) is 7.11 Å². The molecule has 1 N–H and O–H groups in total. The van der Waals surface area contributed by atoms with Gasteiger partial charge in [0.15, 0.2) is 0 Å². The molecule has 0 unspecified atom stereocenters. The van der Waals surface area contributed by atoms with Gasteiger partial charge in [0.1, 0.15) is 10.6 Å². The van der Waals surface area contributed by atoms with Crippen LogP contribution in [0.3, 0.4) is 0 Å². The molecule has 1 amide bonds. The van der Waals surface area contributed by atoms with E-state index in [1.165, 1.54) is 16.9 Å². The van der Waals surface area contributed by atoms with Crippen LogP contribution in [0, 0.1) is 6.92 Å². The molecule has 6 heteroatoms. The Morgan fingerprint density at radius 3 is 2.57 bits per heavy atom. The molecule has 2 aromatic carbocycles. The van der Waals surface area contributed by atoms with Crippen molar-refractivity contribution in [1.29, 1.82) is 0 Å². The molecule has 0 bridgehead atoms. The fraction of sp³-hybridized carbons (Fsp3) is 0.182. The number of methoxy groups -OCH3 is 1. The lowest BCUT2D eigenvalue weighted by atomic mass is 10.2. The van der Waals surface area contributed by atoms with Gasteiger partial charge in [-0.15, -0.1) is 11.3 Å². The second kappa shape index (κ2) is 7.86. The normalized spacial score (nSPS) is 10.9. The van der Waals surface area contributed by atoms with Gasteiger partial charge < -0.3 is 10.1 Å². The van der Waals surface area contributed by atoms with Crippen molar-refractivity contribution in [2.75, 3.05) is 7.11 Å². The maximum absolute atomic E-state index is 12.6. The number of rotatable bonds is 6. The number of ether oxygens (including phenoxy) is 1. The standard InChI is InChI=1S/C22H21N3O2S/c1-15-19-12-20(21(26)23-13-16-8-10-18(27-2)11-9-16)28-22(19)25(24-15)14-17-6-4-3-5-7-17/h3-12H,13-14H2,1-2H3,(H,23,26). The van der Waals surface area contributed by atoms with Crippen LogP contribution < -0.4 is 10.1 Å². The number of fused-ring (bicyclic) bond motifs is 1. The highest BCUT2D eigenvalue weighted by Gasteiger charge is 2.16. The Balaban J connectivity index is 1.50. The molecule has 0 aliphatic heterocycles. The Labute approximate surface area is 167 Å². The molecule has 0 saturated heterocycles. The van der Waals surface area contributed by atoms with Crippen molar-refractivity contribution in [3.63, 3.8) is 0 Å². The summed E-state index contributed by atoms with van der Waals surface area (Å²) in [6, 6.07) is 19.8. The highest BCUT2D eigenvalue weighted by molar-refractivity contribution is 7.20. The zero-order valence-electron chi connectivity index (χ0n) is 15.8. The fourth-order valence-corrected chi connectivity index (χ4v) is 4.18. The molecule has 2 aromatic heterocycles. The third-order valence-corrected chi connectivity index (χ3v) is 5.77. The smallest absolute Gasteiger partial charge is 0.261 e. The van der Waals surface area contributed by atoms with Gasteiger partial charge in [0.05, 0.1) is 24.2 Å². The van der Waals surface area contributed by atoms with E-state index in [1.807, 2.05) is 60.1 Å². The molecule has 4 rings (SSSR count). The number of nitrogens with zero attached hydrogens (tertiary/aromatic N) is 2. The van der Waals surface area contributed by atoms with Gasteiger partial charge in [-0.3, -0.25) is 9.48 Å². The van der Waals surface area contributed by atoms with Crippen molar-refractivity contribution >= 4 is 27.5 Å². The van der Waals surface area contributed by atoms with Crippen molar-refractivity contribution in [2.45, 2.75) is 20.0 Å². The average molecular weight is 391 g/mol. The zero-order valence-corrected chi connectivity index (χ0v) is 16.6. The minimum absolute atomic E-state index is 0.0670. The van der Waals surface area contributed by atoms with Gasteiger partial charge >= 0.3 is 0 Å². The largest absolute Gasteiger partial charge is 0.497 e. The molecule has 0 aliphatic rings. The first-order chi connectivity index (χ1) is 13.6. The van der Waals surface area contributed by atoms with Crippen LogP contribution in [0.5, 0.6) is 5.75 Å².